The molecule has 1 heterocycles. The molecule has 2 N–H and O–H groups in total. The first-order valence-corrected chi connectivity index (χ1v) is 9.22. The smallest absolute Gasteiger partial charge is 0.237 e. The third-order valence-electron chi connectivity index (χ3n) is 3.66. The molecule has 2 aromatic carbocycles. The molecule has 1 amide bonds. The van der Waals surface area contributed by atoms with Crippen molar-refractivity contribution >= 4 is 35.0 Å². The molecule has 0 unspecified atom stereocenters. The van der Waals surface area contributed by atoms with Crippen LogP contribution in [0.4, 0.5) is 10.1 Å². The molecule has 6 nitrogen and oxygen atoms in total. The van der Waals surface area contributed by atoms with Crippen LogP contribution in [0.25, 0.3) is 11.4 Å². The molecule has 0 radical (unpaired) electrons. The Balaban J connectivity index is 1.69. The monoisotopic (exact) mass is 406 g/mol. The number of aromatic amines is 1. The summed E-state index contributed by atoms with van der Waals surface area (Å²) in [6.45, 7) is 1.72. The molecule has 0 aliphatic carbocycles. The highest BCUT2D eigenvalue weighted by Gasteiger charge is 2.19. The number of carbonyl (C=O) groups excluding carboxylic acids is 1. The van der Waals surface area contributed by atoms with E-state index in [4.69, 9.17) is 16.3 Å². The number of anilines is 1. The van der Waals surface area contributed by atoms with Crippen LogP contribution in [0.3, 0.4) is 0 Å². The van der Waals surface area contributed by atoms with Gasteiger partial charge in [-0.3, -0.25) is 9.89 Å². The number of carbonyl (C=O) groups is 1. The second-order valence-corrected chi connectivity index (χ2v) is 7.28. The fourth-order valence-electron chi connectivity index (χ4n) is 2.30. The van der Waals surface area contributed by atoms with Crippen LogP contribution in [0.5, 0.6) is 5.75 Å². The third-order valence-corrected chi connectivity index (χ3v) is 4.86. The number of aromatic nitrogens is 3. The molecule has 0 aliphatic rings. The summed E-state index contributed by atoms with van der Waals surface area (Å²) in [6.07, 6.45) is 0. The van der Waals surface area contributed by atoms with E-state index in [0.717, 1.165) is 11.8 Å². The van der Waals surface area contributed by atoms with Crippen LogP contribution >= 0.6 is 23.4 Å². The number of hydrogen-bond acceptors (Lipinski definition) is 5. The van der Waals surface area contributed by atoms with Crippen LogP contribution in [0.2, 0.25) is 5.02 Å². The van der Waals surface area contributed by atoms with E-state index in [0.29, 0.717) is 33.0 Å². The second-order valence-electron chi connectivity index (χ2n) is 5.54. The van der Waals surface area contributed by atoms with E-state index in [1.807, 2.05) is 0 Å². The number of nitrogens with zero attached hydrogens (tertiary/aromatic N) is 2. The first kappa shape index (κ1) is 19.2. The Morgan fingerprint density at radius 2 is 2.11 bits per heavy atom. The lowest BCUT2D eigenvalue weighted by atomic mass is 10.2. The molecule has 1 atom stereocenters. The number of ether oxygens (including phenoxy) is 1. The minimum atomic E-state index is -0.502. The molecule has 0 fully saturated rings. The predicted molar refractivity (Wildman–Crippen MR) is 104 cm³/mol. The summed E-state index contributed by atoms with van der Waals surface area (Å²) >= 11 is 7.12. The summed E-state index contributed by atoms with van der Waals surface area (Å²) < 4.78 is 19.1. The van der Waals surface area contributed by atoms with Crippen LogP contribution in [0, 0.1) is 5.82 Å². The number of amides is 1. The molecule has 3 aromatic rings. The second kappa shape index (κ2) is 8.41. The molecule has 0 aliphatic heterocycles. The maximum Gasteiger partial charge on any atom is 0.237 e. The zero-order valence-corrected chi connectivity index (χ0v) is 16.1. The lowest BCUT2D eigenvalue weighted by molar-refractivity contribution is -0.115. The van der Waals surface area contributed by atoms with Crippen molar-refractivity contribution in [2.45, 2.75) is 17.3 Å². The van der Waals surface area contributed by atoms with Gasteiger partial charge in [-0.05, 0) is 37.3 Å². The lowest BCUT2D eigenvalue weighted by Gasteiger charge is -2.13. The maximum atomic E-state index is 13.8. The largest absolute Gasteiger partial charge is 0.495 e. The van der Waals surface area contributed by atoms with Gasteiger partial charge in [0.15, 0.2) is 5.82 Å². The Hall–Kier alpha value is -2.58. The number of thioether (sulfide) groups is 1. The highest BCUT2D eigenvalue weighted by atomic mass is 35.5. The normalized spacial score (nSPS) is 11.9. The Bertz CT molecular complexity index is 966. The van der Waals surface area contributed by atoms with Crippen molar-refractivity contribution in [1.29, 1.82) is 0 Å². The summed E-state index contributed by atoms with van der Waals surface area (Å²) in [5.74, 6) is 0.145. The van der Waals surface area contributed by atoms with Gasteiger partial charge in [0, 0.05) is 5.02 Å². The van der Waals surface area contributed by atoms with E-state index in [1.165, 1.54) is 13.2 Å². The number of methoxy groups -OCH3 is 1. The number of hydrogen-bond donors (Lipinski definition) is 2. The summed E-state index contributed by atoms with van der Waals surface area (Å²) in [4.78, 5) is 16.7. The molecule has 0 saturated heterocycles. The molecule has 9 heteroatoms. The van der Waals surface area contributed by atoms with Crippen LogP contribution < -0.4 is 10.1 Å². The third kappa shape index (κ3) is 4.58. The average molecular weight is 407 g/mol. The maximum absolute atomic E-state index is 13.8. The molecule has 3 rings (SSSR count). The quantitative estimate of drug-likeness (QED) is 0.593. The van der Waals surface area contributed by atoms with Crippen molar-refractivity contribution in [1.82, 2.24) is 15.2 Å². The van der Waals surface area contributed by atoms with Crippen molar-refractivity contribution in [3.05, 3.63) is 53.3 Å². The fourth-order valence-corrected chi connectivity index (χ4v) is 3.19. The SMILES string of the molecule is COc1ccc(Cl)cc1NC(=O)[C@H](C)Sc1n[nH]c(-c2ccccc2F)n1. The van der Waals surface area contributed by atoms with Crippen molar-refractivity contribution in [2.75, 3.05) is 12.4 Å². The van der Waals surface area contributed by atoms with E-state index >= 15 is 0 Å². The molecule has 140 valence electrons. The molecule has 0 spiro atoms. The Kier molecular flexibility index (Phi) is 5.98. The van der Waals surface area contributed by atoms with Crippen molar-refractivity contribution in [2.24, 2.45) is 0 Å². The standard InChI is InChI=1S/C18H16ClFN4O2S/c1-10(17(25)21-14-9-11(19)7-8-15(14)26-2)27-18-22-16(23-24-18)12-5-3-4-6-13(12)20/h3-10H,1-2H3,(H,21,25)(H,22,23,24)/t10-/m0/s1. The van der Waals surface area contributed by atoms with Gasteiger partial charge in [0.05, 0.1) is 23.6 Å². The van der Waals surface area contributed by atoms with Gasteiger partial charge in [0.25, 0.3) is 0 Å². The summed E-state index contributed by atoms with van der Waals surface area (Å²) in [5, 5.41) is 9.83. The van der Waals surface area contributed by atoms with Crippen molar-refractivity contribution in [3.8, 4) is 17.1 Å². The number of H-pyrrole nitrogens is 1. The molecule has 0 saturated carbocycles. The lowest BCUT2D eigenvalue weighted by Crippen LogP contribution is -2.22. The Labute approximate surface area is 164 Å². The van der Waals surface area contributed by atoms with E-state index in [1.54, 1.807) is 43.3 Å². The summed E-state index contributed by atoms with van der Waals surface area (Å²) in [7, 11) is 1.51. The zero-order chi connectivity index (χ0) is 19.4. The van der Waals surface area contributed by atoms with Gasteiger partial charge in [0.2, 0.25) is 11.1 Å². The van der Waals surface area contributed by atoms with Crippen LogP contribution in [-0.2, 0) is 4.79 Å². The van der Waals surface area contributed by atoms with Gasteiger partial charge in [-0.25, -0.2) is 9.37 Å². The van der Waals surface area contributed by atoms with E-state index in [-0.39, 0.29) is 5.91 Å². The highest BCUT2D eigenvalue weighted by molar-refractivity contribution is 8.00. The Morgan fingerprint density at radius 3 is 2.85 bits per heavy atom. The number of nitrogens with one attached hydrogen (secondary N) is 2. The highest BCUT2D eigenvalue weighted by Crippen LogP contribution is 2.29. The average Bonchev–Trinajstić information content (AvgIpc) is 3.10. The number of benzene rings is 2. The van der Waals surface area contributed by atoms with Crippen LogP contribution in [-0.4, -0.2) is 33.4 Å². The first-order chi connectivity index (χ1) is 13.0. The summed E-state index contributed by atoms with van der Waals surface area (Å²) in [6, 6.07) is 11.2. The van der Waals surface area contributed by atoms with E-state index in [9.17, 15) is 9.18 Å². The Morgan fingerprint density at radius 1 is 1.33 bits per heavy atom. The molecular weight excluding hydrogens is 391 g/mol. The number of rotatable bonds is 6. The van der Waals surface area contributed by atoms with E-state index < -0.39 is 11.1 Å². The van der Waals surface area contributed by atoms with Crippen molar-refractivity contribution in [3.63, 3.8) is 0 Å². The first-order valence-electron chi connectivity index (χ1n) is 7.96. The van der Waals surface area contributed by atoms with Gasteiger partial charge in [-0.15, -0.1) is 5.10 Å². The topological polar surface area (TPSA) is 79.9 Å². The molecule has 1 aromatic heterocycles. The van der Waals surface area contributed by atoms with E-state index in [2.05, 4.69) is 20.5 Å². The minimum Gasteiger partial charge on any atom is -0.495 e. The number of halogens is 2. The van der Waals surface area contributed by atoms with Gasteiger partial charge in [-0.2, -0.15) is 0 Å². The molecule has 0 bridgehead atoms. The fraction of sp³-hybridized carbons (Fsp3) is 0.167. The van der Waals surface area contributed by atoms with Gasteiger partial charge >= 0.3 is 0 Å². The van der Waals surface area contributed by atoms with Crippen LogP contribution in [0.1, 0.15) is 6.92 Å². The van der Waals surface area contributed by atoms with Gasteiger partial charge in [-0.1, -0.05) is 35.5 Å². The van der Waals surface area contributed by atoms with Gasteiger partial charge < -0.3 is 10.1 Å². The summed E-state index contributed by atoms with van der Waals surface area (Å²) in [5.41, 5.74) is 0.794. The minimum absolute atomic E-state index is 0.266. The zero-order valence-electron chi connectivity index (χ0n) is 14.5. The van der Waals surface area contributed by atoms with Crippen LogP contribution in [0.15, 0.2) is 47.6 Å². The molecular formula is C18H16ClFN4O2S. The van der Waals surface area contributed by atoms with Crippen molar-refractivity contribution < 1.29 is 13.9 Å². The van der Waals surface area contributed by atoms with Gasteiger partial charge in [0.1, 0.15) is 11.6 Å². The predicted octanol–water partition coefficient (Wildman–Crippen LogP) is 4.39. The molecule has 27 heavy (non-hydrogen) atoms.